The molecule has 0 spiro atoms. The predicted molar refractivity (Wildman–Crippen MR) is 383 cm³/mol. The van der Waals surface area contributed by atoms with Crippen LogP contribution in [0.3, 0.4) is 0 Å². The minimum Gasteiger partial charge on any atom is -0.756 e. The molecule has 0 rings (SSSR count). The van der Waals surface area contributed by atoms with Crippen molar-refractivity contribution in [2.45, 2.75) is 373 Å². The van der Waals surface area contributed by atoms with Gasteiger partial charge >= 0.3 is 11.9 Å². The zero-order valence-corrected chi connectivity index (χ0v) is 60.3. The molecule has 0 aliphatic heterocycles. The van der Waals surface area contributed by atoms with E-state index in [0.29, 0.717) is 17.4 Å². The molecule has 89 heavy (non-hydrogen) atoms. The van der Waals surface area contributed by atoms with E-state index in [1.807, 2.05) is 21.1 Å². The lowest BCUT2D eigenvalue weighted by Gasteiger charge is -2.28. The third kappa shape index (κ3) is 74.4. The number of carbonyl (C=O) groups is 2. The summed E-state index contributed by atoms with van der Waals surface area (Å²) in [6.45, 7) is 4.17. The molecule has 0 fully saturated rings. The van der Waals surface area contributed by atoms with E-state index < -0.39 is 26.5 Å². The zero-order chi connectivity index (χ0) is 64.8. The molecule has 0 amide bonds. The molecule has 520 valence electrons. The van der Waals surface area contributed by atoms with Gasteiger partial charge in [-0.15, -0.1) is 0 Å². The van der Waals surface area contributed by atoms with E-state index in [2.05, 4.69) is 86.8 Å². The fourth-order valence-electron chi connectivity index (χ4n) is 11.2. The molecule has 0 aromatic heterocycles. The van der Waals surface area contributed by atoms with Crippen molar-refractivity contribution in [3.63, 3.8) is 0 Å². The molecular weight excluding hydrogens is 1120 g/mol. The van der Waals surface area contributed by atoms with Gasteiger partial charge in [-0.25, -0.2) is 0 Å². The number of hydrogen-bond acceptors (Lipinski definition) is 8. The molecule has 2 unspecified atom stereocenters. The number of rotatable bonds is 71. The van der Waals surface area contributed by atoms with Gasteiger partial charge in [0.05, 0.1) is 27.7 Å². The highest BCUT2D eigenvalue weighted by Crippen LogP contribution is 2.38. The van der Waals surface area contributed by atoms with Crippen LogP contribution >= 0.6 is 7.82 Å². The second kappa shape index (κ2) is 69.8. The summed E-state index contributed by atoms with van der Waals surface area (Å²) in [7, 11) is 1.17. The van der Waals surface area contributed by atoms with Gasteiger partial charge in [-0.05, 0) is 64.2 Å². The number of hydrogen-bond donors (Lipinski definition) is 0. The Kier molecular flexibility index (Phi) is 67.8. The first-order valence-electron chi connectivity index (χ1n) is 38.1. The Labute approximate surface area is 552 Å². The van der Waals surface area contributed by atoms with Gasteiger partial charge in [-0.2, -0.15) is 0 Å². The topological polar surface area (TPSA) is 111 Å². The lowest BCUT2D eigenvalue weighted by atomic mass is 10.0. The van der Waals surface area contributed by atoms with Gasteiger partial charge < -0.3 is 27.9 Å². The van der Waals surface area contributed by atoms with Gasteiger partial charge in [0.1, 0.15) is 19.8 Å². The Morgan fingerprint density at radius 3 is 0.955 bits per heavy atom. The minimum absolute atomic E-state index is 0.0339. The number of carbonyl (C=O) groups excluding carboxylic acids is 2. The number of phosphoric ester groups is 1. The smallest absolute Gasteiger partial charge is 0.306 e. The molecule has 0 N–H and O–H groups in total. The van der Waals surface area contributed by atoms with Gasteiger partial charge in [-0.1, -0.05) is 363 Å². The van der Waals surface area contributed by atoms with Crippen molar-refractivity contribution in [3.8, 4) is 0 Å². The number of phosphoric acid groups is 1. The fourth-order valence-corrected chi connectivity index (χ4v) is 11.9. The molecule has 0 heterocycles. The molecule has 0 aromatic carbocycles. The van der Waals surface area contributed by atoms with Crippen molar-refractivity contribution in [2.75, 3.05) is 47.5 Å². The summed E-state index contributed by atoms with van der Waals surface area (Å²) < 4.78 is 34.4. The molecule has 0 bridgehead atoms. The van der Waals surface area contributed by atoms with Crippen LogP contribution in [0.4, 0.5) is 0 Å². The van der Waals surface area contributed by atoms with E-state index in [9.17, 15) is 19.0 Å². The van der Waals surface area contributed by atoms with Crippen LogP contribution in [-0.4, -0.2) is 70.0 Å². The summed E-state index contributed by atoms with van der Waals surface area (Å²) in [5, 5.41) is 0. The SMILES string of the molecule is CC/C=C\C/C=C\C/C=C\C/C=C\C/C=C\C/C=C\CCCCCCCCCCC(=O)OC(COC(=O)CCCCCCCCCCCCCCCCCCCCCCCCCCCCCCCCCCCCCCCC)COP(=O)([O-])OCC[N+](C)(C)C. The summed E-state index contributed by atoms with van der Waals surface area (Å²) in [6.07, 6.45) is 94.5. The van der Waals surface area contributed by atoms with E-state index in [0.717, 1.165) is 83.5 Å². The maximum Gasteiger partial charge on any atom is 0.306 e. The van der Waals surface area contributed by atoms with Gasteiger partial charge in [0.15, 0.2) is 6.10 Å². The largest absolute Gasteiger partial charge is 0.756 e. The zero-order valence-electron chi connectivity index (χ0n) is 59.4. The Balaban J connectivity index is 3.94. The van der Waals surface area contributed by atoms with Crippen molar-refractivity contribution < 1.29 is 42.1 Å². The number of unbranched alkanes of at least 4 members (excludes halogenated alkanes) is 45. The summed E-state index contributed by atoms with van der Waals surface area (Å²) in [5.41, 5.74) is 0. The van der Waals surface area contributed by atoms with Crippen LogP contribution in [0.5, 0.6) is 0 Å². The van der Waals surface area contributed by atoms with E-state index in [1.54, 1.807) is 0 Å². The van der Waals surface area contributed by atoms with Crippen molar-refractivity contribution in [1.82, 2.24) is 0 Å². The summed E-state index contributed by atoms with van der Waals surface area (Å²) in [5.74, 6) is -0.830. The third-order valence-electron chi connectivity index (χ3n) is 17.0. The number of ether oxygens (including phenoxy) is 2. The van der Waals surface area contributed by atoms with E-state index >= 15 is 0 Å². The third-order valence-corrected chi connectivity index (χ3v) is 18.0. The summed E-state index contributed by atoms with van der Waals surface area (Å²) in [4.78, 5) is 38.1. The Bertz CT molecular complexity index is 1730. The normalized spacial score (nSPS) is 13.5. The van der Waals surface area contributed by atoms with Gasteiger partial charge in [-0.3, -0.25) is 14.2 Å². The fraction of sp³-hybridized carbons (Fsp3) is 0.823. The first kappa shape index (κ1) is 86.5. The van der Waals surface area contributed by atoms with Gasteiger partial charge in [0, 0.05) is 12.8 Å². The van der Waals surface area contributed by atoms with Crippen LogP contribution in [0.1, 0.15) is 367 Å². The van der Waals surface area contributed by atoms with Gasteiger partial charge in [0.25, 0.3) is 7.82 Å². The van der Waals surface area contributed by atoms with Crippen LogP contribution in [0.2, 0.25) is 0 Å². The van der Waals surface area contributed by atoms with E-state index in [1.165, 1.54) is 250 Å². The quantitative estimate of drug-likeness (QED) is 0.0195. The Hall–Kier alpha value is -2.55. The molecular formula is C79H146NO8P. The molecule has 9 nitrogen and oxygen atoms in total. The second-order valence-corrected chi connectivity index (χ2v) is 28.4. The molecule has 0 radical (unpaired) electrons. The number of quaternary nitrogens is 1. The van der Waals surface area contributed by atoms with Crippen LogP contribution in [0, 0.1) is 0 Å². The van der Waals surface area contributed by atoms with Crippen molar-refractivity contribution in [1.29, 1.82) is 0 Å². The van der Waals surface area contributed by atoms with Crippen molar-refractivity contribution in [3.05, 3.63) is 72.9 Å². The molecule has 10 heteroatoms. The number of allylic oxidation sites excluding steroid dienone is 12. The molecule has 2 atom stereocenters. The first-order chi connectivity index (χ1) is 43.5. The molecule has 0 saturated heterocycles. The molecule has 0 saturated carbocycles. The van der Waals surface area contributed by atoms with Crippen LogP contribution in [-0.2, 0) is 32.7 Å². The van der Waals surface area contributed by atoms with E-state index in [-0.39, 0.29) is 32.0 Å². The first-order valence-corrected chi connectivity index (χ1v) is 39.6. The lowest BCUT2D eigenvalue weighted by molar-refractivity contribution is -0.870. The monoisotopic (exact) mass is 1270 g/mol. The number of esters is 2. The average Bonchev–Trinajstić information content (AvgIpc) is 3.60. The molecule has 0 aliphatic rings. The highest BCUT2D eigenvalue weighted by Gasteiger charge is 2.22. The van der Waals surface area contributed by atoms with Crippen molar-refractivity contribution >= 4 is 19.8 Å². The van der Waals surface area contributed by atoms with E-state index in [4.69, 9.17) is 18.5 Å². The number of nitrogens with zero attached hydrogens (tertiary/aromatic N) is 1. The molecule has 0 aliphatic carbocycles. The Morgan fingerprint density at radius 2 is 0.640 bits per heavy atom. The van der Waals surface area contributed by atoms with Gasteiger partial charge in [0.2, 0.25) is 0 Å². The van der Waals surface area contributed by atoms with Crippen LogP contribution in [0.25, 0.3) is 0 Å². The summed E-state index contributed by atoms with van der Waals surface area (Å²) in [6, 6.07) is 0. The molecule has 0 aromatic rings. The predicted octanol–water partition coefficient (Wildman–Crippen LogP) is 24.5. The second-order valence-electron chi connectivity index (χ2n) is 27.0. The maximum absolute atomic E-state index is 12.9. The highest BCUT2D eigenvalue weighted by atomic mass is 31.2. The Morgan fingerprint density at radius 1 is 0.360 bits per heavy atom. The lowest BCUT2D eigenvalue weighted by Crippen LogP contribution is -2.37. The van der Waals surface area contributed by atoms with Crippen molar-refractivity contribution in [2.24, 2.45) is 0 Å². The van der Waals surface area contributed by atoms with Crippen LogP contribution in [0.15, 0.2) is 72.9 Å². The standard InChI is InChI=1S/C79H146NO8P/c1-6-8-10-12-14-16-18-20-22-24-26-28-30-32-34-35-36-37-38-39-40-41-42-43-44-46-47-49-51-53-55-57-59-61-63-65-67-69-71-78(81)85-75-77(76-87-89(83,84)86-74-73-80(3,4)5)88-79(82)72-70-68-66-64-62-60-58-56-54-52-50-48-45-33-31-29-27-25-23-21-19-17-15-13-11-9-7-2/h9,11,15,17,21,23,27,29,33,45,50,52,77H,6-8,10,12-14,16,18-20,22,24-26,28,30-32,34-44,46-49,51,53-76H2,1-5H3/b11-9-,17-15-,23-21-,29-27-,45-33-,52-50-. The average molecular weight is 1270 g/mol. The highest BCUT2D eigenvalue weighted by molar-refractivity contribution is 7.45. The number of likely N-dealkylation sites (N-methyl/N-ethyl adjacent to an activating group) is 1. The van der Waals surface area contributed by atoms with Crippen LogP contribution < -0.4 is 4.89 Å². The minimum atomic E-state index is -4.65. The summed E-state index contributed by atoms with van der Waals surface area (Å²) >= 11 is 0. The maximum atomic E-state index is 12.9.